The van der Waals surface area contributed by atoms with Gasteiger partial charge in [0.25, 0.3) is 10.1 Å². The predicted molar refractivity (Wildman–Crippen MR) is 58.6 cm³/mol. The Morgan fingerprint density at radius 3 is 2.38 bits per heavy atom. The summed E-state index contributed by atoms with van der Waals surface area (Å²) in [5.41, 5.74) is 4.94. The summed E-state index contributed by atoms with van der Waals surface area (Å²) in [6.45, 7) is 0. The Kier molecular flexibility index (Phi) is 4.73. The molecular weight excluding hydrogens is 258 g/mol. The van der Waals surface area contributed by atoms with Crippen molar-refractivity contribution in [3.05, 3.63) is 23.8 Å². The zero-order valence-electron chi connectivity index (χ0n) is 8.21. The minimum atomic E-state index is -4.43. The lowest BCUT2D eigenvalue weighted by Gasteiger charge is -2.06. The largest absolute Gasteiger partial charge is 0.495 e. The van der Waals surface area contributed by atoms with E-state index in [-0.39, 0.29) is 23.7 Å². The second-order valence-electron chi connectivity index (χ2n) is 2.70. The molecule has 0 unspecified atom stereocenters. The number of carbonyl (C=O) groups excluding carboxylic acids is 1. The first-order valence-electron chi connectivity index (χ1n) is 3.81. The molecule has 16 heavy (non-hydrogen) atoms. The smallest absolute Gasteiger partial charge is 0.298 e. The third kappa shape index (κ3) is 3.09. The van der Waals surface area contributed by atoms with Crippen molar-refractivity contribution in [2.45, 2.75) is 4.90 Å². The molecule has 8 heteroatoms. The molecule has 0 aliphatic carbocycles. The number of nitrogens with two attached hydrogens (primary N) is 1. The van der Waals surface area contributed by atoms with Gasteiger partial charge in [0.15, 0.2) is 0 Å². The van der Waals surface area contributed by atoms with Crippen molar-refractivity contribution in [1.82, 2.24) is 0 Å². The lowest BCUT2D eigenvalue weighted by Crippen LogP contribution is -2.12. The molecule has 0 saturated carbocycles. The van der Waals surface area contributed by atoms with E-state index in [2.05, 4.69) is 0 Å². The number of carbonyl (C=O) groups is 1. The van der Waals surface area contributed by atoms with Crippen LogP contribution in [0.4, 0.5) is 0 Å². The summed E-state index contributed by atoms with van der Waals surface area (Å²) in [5.74, 6) is -0.843. The van der Waals surface area contributed by atoms with Gasteiger partial charge in [-0.05, 0) is 18.2 Å². The topological polar surface area (TPSA) is 107 Å². The quantitative estimate of drug-likeness (QED) is 0.774. The average molecular weight is 268 g/mol. The molecule has 1 rings (SSSR count). The number of amides is 1. The SMILES string of the molecule is COc1ccc(C(N)=O)cc1S(=O)(=O)O.Cl. The highest BCUT2D eigenvalue weighted by atomic mass is 35.5. The highest BCUT2D eigenvalue weighted by Crippen LogP contribution is 2.24. The number of methoxy groups -OCH3 is 1. The maximum absolute atomic E-state index is 10.9. The minimum absolute atomic E-state index is 0. The fourth-order valence-corrected chi connectivity index (χ4v) is 1.71. The second-order valence-corrected chi connectivity index (χ2v) is 4.09. The Morgan fingerprint density at radius 1 is 1.44 bits per heavy atom. The van der Waals surface area contributed by atoms with Gasteiger partial charge in [0.05, 0.1) is 7.11 Å². The number of hydrogen-bond donors (Lipinski definition) is 2. The van der Waals surface area contributed by atoms with Crippen molar-refractivity contribution in [1.29, 1.82) is 0 Å². The Balaban J connectivity index is 0.00000225. The maximum Gasteiger partial charge on any atom is 0.298 e. The van der Waals surface area contributed by atoms with Crippen LogP contribution in [0.15, 0.2) is 23.1 Å². The molecule has 0 aliphatic rings. The lowest BCUT2D eigenvalue weighted by molar-refractivity contribution is 0.1000. The molecule has 0 atom stereocenters. The van der Waals surface area contributed by atoms with Gasteiger partial charge in [-0.15, -0.1) is 12.4 Å². The maximum atomic E-state index is 10.9. The van der Waals surface area contributed by atoms with Gasteiger partial charge in [-0.1, -0.05) is 0 Å². The summed E-state index contributed by atoms with van der Waals surface area (Å²) in [5, 5.41) is 0. The van der Waals surface area contributed by atoms with Crippen LogP contribution in [0.25, 0.3) is 0 Å². The van der Waals surface area contributed by atoms with Crippen molar-refractivity contribution in [2.24, 2.45) is 5.73 Å². The van der Waals surface area contributed by atoms with Gasteiger partial charge in [-0.3, -0.25) is 9.35 Å². The van der Waals surface area contributed by atoms with E-state index in [4.69, 9.17) is 15.0 Å². The van der Waals surface area contributed by atoms with E-state index in [1.54, 1.807) is 0 Å². The summed E-state index contributed by atoms with van der Waals surface area (Å²) >= 11 is 0. The summed E-state index contributed by atoms with van der Waals surface area (Å²) < 4.78 is 35.4. The Bertz CT molecular complexity index is 499. The first kappa shape index (κ1) is 14.7. The number of rotatable bonds is 3. The highest BCUT2D eigenvalue weighted by molar-refractivity contribution is 7.86. The van der Waals surface area contributed by atoms with Crippen LogP contribution in [-0.4, -0.2) is 26.0 Å². The van der Waals surface area contributed by atoms with Gasteiger partial charge in [0.1, 0.15) is 10.6 Å². The van der Waals surface area contributed by atoms with Crippen LogP contribution in [0.2, 0.25) is 0 Å². The van der Waals surface area contributed by atoms with Crippen molar-refractivity contribution in [2.75, 3.05) is 7.11 Å². The van der Waals surface area contributed by atoms with Crippen molar-refractivity contribution in [3.63, 3.8) is 0 Å². The Hall–Kier alpha value is -1.31. The number of primary amides is 1. The fourth-order valence-electron chi connectivity index (χ4n) is 1.03. The van der Waals surface area contributed by atoms with Crippen LogP contribution in [0.1, 0.15) is 10.4 Å². The zero-order valence-corrected chi connectivity index (χ0v) is 9.84. The number of halogens is 1. The summed E-state index contributed by atoms with van der Waals surface area (Å²) in [6, 6.07) is 3.50. The monoisotopic (exact) mass is 267 g/mol. The van der Waals surface area contributed by atoms with Gasteiger partial charge < -0.3 is 10.5 Å². The number of ether oxygens (including phenoxy) is 1. The molecule has 6 nitrogen and oxygen atoms in total. The minimum Gasteiger partial charge on any atom is -0.495 e. The van der Waals surface area contributed by atoms with E-state index in [1.807, 2.05) is 0 Å². The highest BCUT2D eigenvalue weighted by Gasteiger charge is 2.18. The molecular formula is C8H10ClNO5S. The third-order valence-corrected chi connectivity index (χ3v) is 2.60. The molecule has 0 radical (unpaired) electrons. The molecule has 0 saturated heterocycles. The van der Waals surface area contributed by atoms with Gasteiger partial charge in [0, 0.05) is 5.56 Å². The summed E-state index contributed by atoms with van der Waals surface area (Å²) in [4.78, 5) is 10.3. The average Bonchev–Trinajstić information content (AvgIpc) is 2.15. The first-order valence-corrected chi connectivity index (χ1v) is 5.25. The molecule has 90 valence electrons. The number of hydrogen-bond acceptors (Lipinski definition) is 4. The summed E-state index contributed by atoms with van der Waals surface area (Å²) in [7, 11) is -3.19. The molecule has 0 bridgehead atoms. The van der Waals surface area contributed by atoms with Crippen LogP contribution in [-0.2, 0) is 10.1 Å². The van der Waals surface area contributed by atoms with Crippen LogP contribution in [0, 0.1) is 0 Å². The van der Waals surface area contributed by atoms with Crippen LogP contribution in [0.5, 0.6) is 5.75 Å². The molecule has 0 aromatic heterocycles. The lowest BCUT2D eigenvalue weighted by atomic mass is 10.2. The molecule has 0 fully saturated rings. The predicted octanol–water partition coefficient (Wildman–Crippen LogP) is 0.463. The molecule has 3 N–H and O–H groups in total. The van der Waals surface area contributed by atoms with E-state index in [0.717, 1.165) is 6.07 Å². The Morgan fingerprint density at radius 2 is 2.00 bits per heavy atom. The van der Waals surface area contributed by atoms with Gasteiger partial charge in [-0.25, -0.2) is 0 Å². The van der Waals surface area contributed by atoms with Gasteiger partial charge in [0.2, 0.25) is 5.91 Å². The van der Waals surface area contributed by atoms with Crippen molar-refractivity contribution in [3.8, 4) is 5.75 Å². The van der Waals surface area contributed by atoms with Crippen molar-refractivity contribution < 1.29 is 22.5 Å². The molecule has 0 aliphatic heterocycles. The van der Waals surface area contributed by atoms with Crippen LogP contribution in [0.3, 0.4) is 0 Å². The molecule has 1 aromatic carbocycles. The third-order valence-electron chi connectivity index (χ3n) is 1.73. The molecule has 1 amide bonds. The summed E-state index contributed by atoms with van der Waals surface area (Å²) in [6.07, 6.45) is 0. The van der Waals surface area contributed by atoms with Crippen molar-refractivity contribution >= 4 is 28.4 Å². The Labute approximate surface area is 98.6 Å². The normalized spacial score (nSPS) is 10.4. The van der Waals surface area contributed by atoms with E-state index in [1.165, 1.54) is 19.2 Å². The standard InChI is InChI=1S/C8H9NO5S.ClH/c1-14-6-3-2-5(8(9)10)4-7(6)15(11,12)13;/h2-4H,1H3,(H2,9,10)(H,11,12,13);1H. The van der Waals surface area contributed by atoms with Gasteiger partial charge >= 0.3 is 0 Å². The van der Waals surface area contributed by atoms with Gasteiger partial charge in [-0.2, -0.15) is 8.42 Å². The molecule has 0 heterocycles. The second kappa shape index (κ2) is 5.15. The van der Waals surface area contributed by atoms with E-state index in [9.17, 15) is 13.2 Å². The fraction of sp³-hybridized carbons (Fsp3) is 0.125. The molecule has 0 spiro atoms. The van der Waals surface area contributed by atoms with Crippen LogP contribution < -0.4 is 10.5 Å². The molecule has 1 aromatic rings. The number of benzene rings is 1. The van der Waals surface area contributed by atoms with E-state index >= 15 is 0 Å². The van der Waals surface area contributed by atoms with E-state index < -0.39 is 20.9 Å². The van der Waals surface area contributed by atoms with E-state index in [0.29, 0.717) is 0 Å². The van der Waals surface area contributed by atoms with Crippen LogP contribution >= 0.6 is 12.4 Å². The first-order chi connectivity index (χ1) is 6.86. The zero-order chi connectivity index (χ0) is 11.6.